The van der Waals surface area contributed by atoms with Gasteiger partial charge in [0.25, 0.3) is 0 Å². The molecular formula is C10H10N2O. The Morgan fingerprint density at radius 1 is 1.54 bits per heavy atom. The maximum atomic E-state index is 9.80. The van der Waals surface area contributed by atoms with Gasteiger partial charge in [-0.3, -0.25) is 0 Å². The Morgan fingerprint density at radius 3 is 2.85 bits per heavy atom. The quantitative estimate of drug-likeness (QED) is 0.562. The SMILES string of the molecule is N#C[C@@]1(O)Cc2ccccc2C1N. The van der Waals surface area contributed by atoms with Crippen LogP contribution in [0.5, 0.6) is 0 Å². The Balaban J connectivity index is 2.51. The predicted molar refractivity (Wildman–Crippen MR) is 47.6 cm³/mol. The van der Waals surface area contributed by atoms with E-state index in [2.05, 4.69) is 0 Å². The zero-order chi connectivity index (χ0) is 9.47. The van der Waals surface area contributed by atoms with Crippen LogP contribution in [0.2, 0.25) is 0 Å². The Morgan fingerprint density at radius 2 is 2.23 bits per heavy atom. The summed E-state index contributed by atoms with van der Waals surface area (Å²) in [5.41, 5.74) is 6.20. The third-order valence-corrected chi connectivity index (χ3v) is 2.56. The highest BCUT2D eigenvalue weighted by Gasteiger charge is 2.42. The molecule has 1 aromatic rings. The number of benzene rings is 1. The van der Waals surface area contributed by atoms with Crippen LogP contribution in [0.3, 0.4) is 0 Å². The molecule has 0 bridgehead atoms. The summed E-state index contributed by atoms with van der Waals surface area (Å²) in [4.78, 5) is 0. The number of nitrogens with two attached hydrogens (primary N) is 1. The fourth-order valence-corrected chi connectivity index (χ4v) is 1.77. The van der Waals surface area contributed by atoms with Crippen LogP contribution in [-0.2, 0) is 6.42 Å². The number of nitrogens with zero attached hydrogens (tertiary/aromatic N) is 1. The normalized spacial score (nSPS) is 31.0. The largest absolute Gasteiger partial charge is 0.373 e. The van der Waals surface area contributed by atoms with Gasteiger partial charge in [0, 0.05) is 6.42 Å². The lowest BCUT2D eigenvalue weighted by Crippen LogP contribution is -2.36. The summed E-state index contributed by atoms with van der Waals surface area (Å²) >= 11 is 0. The second-order valence-corrected chi connectivity index (χ2v) is 3.39. The van der Waals surface area contributed by atoms with Gasteiger partial charge in [0.1, 0.15) is 0 Å². The Hall–Kier alpha value is -1.37. The van der Waals surface area contributed by atoms with E-state index in [1.165, 1.54) is 0 Å². The maximum absolute atomic E-state index is 9.80. The molecule has 0 spiro atoms. The van der Waals surface area contributed by atoms with Gasteiger partial charge in [-0.15, -0.1) is 0 Å². The standard InChI is InChI=1S/C10H10N2O/c11-6-10(13)5-7-3-1-2-4-8(7)9(10)12/h1-4,9,13H,5,12H2/t9?,10-/m0/s1. The monoisotopic (exact) mass is 174 g/mol. The summed E-state index contributed by atoms with van der Waals surface area (Å²) in [6.45, 7) is 0. The molecule has 3 heteroatoms. The number of nitriles is 1. The van der Waals surface area contributed by atoms with Crippen LogP contribution in [0, 0.1) is 11.3 Å². The molecule has 0 saturated heterocycles. The molecule has 2 rings (SSSR count). The van der Waals surface area contributed by atoms with Crippen molar-refractivity contribution < 1.29 is 5.11 Å². The van der Waals surface area contributed by atoms with E-state index in [0.29, 0.717) is 6.42 Å². The van der Waals surface area contributed by atoms with Crippen molar-refractivity contribution >= 4 is 0 Å². The summed E-state index contributed by atoms with van der Waals surface area (Å²) in [6, 6.07) is 8.79. The molecule has 0 aliphatic heterocycles. The zero-order valence-electron chi connectivity index (χ0n) is 7.07. The van der Waals surface area contributed by atoms with Gasteiger partial charge in [-0.2, -0.15) is 5.26 Å². The molecule has 66 valence electrons. The molecule has 1 aliphatic carbocycles. The number of hydrogen-bond donors (Lipinski definition) is 2. The van der Waals surface area contributed by atoms with Gasteiger partial charge >= 0.3 is 0 Å². The lowest BCUT2D eigenvalue weighted by Gasteiger charge is -2.18. The molecular weight excluding hydrogens is 164 g/mol. The first-order valence-electron chi connectivity index (χ1n) is 4.14. The molecule has 1 aromatic carbocycles. The third-order valence-electron chi connectivity index (χ3n) is 2.56. The lowest BCUT2D eigenvalue weighted by molar-refractivity contribution is 0.0834. The molecule has 0 fully saturated rings. The van der Waals surface area contributed by atoms with Gasteiger partial charge < -0.3 is 10.8 Å². The van der Waals surface area contributed by atoms with Crippen LogP contribution in [0.15, 0.2) is 24.3 Å². The highest BCUT2D eigenvalue weighted by Crippen LogP contribution is 2.36. The van der Waals surface area contributed by atoms with Crippen molar-refractivity contribution in [2.24, 2.45) is 5.73 Å². The van der Waals surface area contributed by atoms with E-state index in [1.54, 1.807) is 0 Å². The first-order valence-corrected chi connectivity index (χ1v) is 4.14. The van der Waals surface area contributed by atoms with Crippen LogP contribution in [0.25, 0.3) is 0 Å². The first kappa shape index (κ1) is 8.24. The predicted octanol–water partition coefficient (Wildman–Crippen LogP) is 0.497. The van der Waals surface area contributed by atoms with Crippen molar-refractivity contribution in [1.29, 1.82) is 5.26 Å². The smallest absolute Gasteiger partial charge is 0.174 e. The van der Waals surface area contributed by atoms with E-state index in [-0.39, 0.29) is 0 Å². The van der Waals surface area contributed by atoms with Crippen molar-refractivity contribution in [3.8, 4) is 6.07 Å². The van der Waals surface area contributed by atoms with E-state index in [9.17, 15) is 5.11 Å². The molecule has 0 heterocycles. The van der Waals surface area contributed by atoms with Gasteiger partial charge in [-0.05, 0) is 11.1 Å². The summed E-state index contributed by atoms with van der Waals surface area (Å²) in [5.74, 6) is 0. The Bertz CT molecular complexity index is 383. The number of hydrogen-bond acceptors (Lipinski definition) is 3. The minimum atomic E-state index is -1.41. The van der Waals surface area contributed by atoms with Crippen molar-refractivity contribution in [2.75, 3.05) is 0 Å². The highest BCUT2D eigenvalue weighted by atomic mass is 16.3. The maximum Gasteiger partial charge on any atom is 0.174 e. The highest BCUT2D eigenvalue weighted by molar-refractivity contribution is 5.41. The van der Waals surface area contributed by atoms with Crippen molar-refractivity contribution in [3.63, 3.8) is 0 Å². The number of aliphatic hydroxyl groups is 1. The Labute approximate surface area is 76.4 Å². The number of rotatable bonds is 0. The second kappa shape index (κ2) is 2.56. The molecule has 3 nitrogen and oxygen atoms in total. The van der Waals surface area contributed by atoms with E-state index in [0.717, 1.165) is 11.1 Å². The zero-order valence-corrected chi connectivity index (χ0v) is 7.07. The van der Waals surface area contributed by atoms with Gasteiger partial charge in [-0.25, -0.2) is 0 Å². The topological polar surface area (TPSA) is 70.0 Å². The van der Waals surface area contributed by atoms with E-state index < -0.39 is 11.6 Å². The molecule has 0 radical (unpaired) electrons. The molecule has 1 unspecified atom stereocenters. The van der Waals surface area contributed by atoms with Crippen molar-refractivity contribution in [1.82, 2.24) is 0 Å². The van der Waals surface area contributed by atoms with Crippen molar-refractivity contribution in [3.05, 3.63) is 35.4 Å². The second-order valence-electron chi connectivity index (χ2n) is 3.39. The van der Waals surface area contributed by atoms with Crippen LogP contribution in [0.4, 0.5) is 0 Å². The number of fused-ring (bicyclic) bond motifs is 1. The summed E-state index contributed by atoms with van der Waals surface area (Å²) < 4.78 is 0. The van der Waals surface area contributed by atoms with Crippen molar-refractivity contribution in [2.45, 2.75) is 18.1 Å². The summed E-state index contributed by atoms with van der Waals surface area (Å²) in [7, 11) is 0. The van der Waals surface area contributed by atoms with Gasteiger partial charge in [0.05, 0.1) is 12.1 Å². The van der Waals surface area contributed by atoms with E-state index in [4.69, 9.17) is 11.0 Å². The van der Waals surface area contributed by atoms with Crippen LogP contribution < -0.4 is 5.73 Å². The van der Waals surface area contributed by atoms with E-state index in [1.807, 2.05) is 30.3 Å². The molecule has 2 atom stereocenters. The van der Waals surface area contributed by atoms with Gasteiger partial charge in [0.2, 0.25) is 0 Å². The van der Waals surface area contributed by atoms with Crippen LogP contribution >= 0.6 is 0 Å². The summed E-state index contributed by atoms with van der Waals surface area (Å²) in [5, 5.41) is 18.6. The van der Waals surface area contributed by atoms with Crippen LogP contribution in [-0.4, -0.2) is 10.7 Å². The van der Waals surface area contributed by atoms with E-state index >= 15 is 0 Å². The minimum Gasteiger partial charge on any atom is -0.373 e. The Kier molecular flexibility index (Phi) is 1.62. The fraction of sp³-hybridized carbons (Fsp3) is 0.300. The van der Waals surface area contributed by atoms with Gasteiger partial charge in [0.15, 0.2) is 5.60 Å². The average Bonchev–Trinajstić information content (AvgIpc) is 2.41. The minimum absolute atomic E-state index is 0.334. The molecule has 13 heavy (non-hydrogen) atoms. The molecule has 0 saturated carbocycles. The first-order chi connectivity index (χ1) is 6.17. The summed E-state index contributed by atoms with van der Waals surface area (Å²) in [6.07, 6.45) is 0.334. The van der Waals surface area contributed by atoms with Gasteiger partial charge in [-0.1, -0.05) is 24.3 Å². The third kappa shape index (κ3) is 1.04. The molecule has 0 aromatic heterocycles. The molecule has 3 N–H and O–H groups in total. The fourth-order valence-electron chi connectivity index (χ4n) is 1.77. The average molecular weight is 174 g/mol. The lowest BCUT2D eigenvalue weighted by atomic mass is 9.98. The molecule has 1 aliphatic rings. The molecule has 0 amide bonds. The van der Waals surface area contributed by atoms with Crippen LogP contribution in [0.1, 0.15) is 17.2 Å².